The van der Waals surface area contributed by atoms with Crippen LogP contribution in [0.25, 0.3) is 0 Å². The number of halogens is 1. The molecule has 1 aromatic heterocycles. The minimum Gasteiger partial charge on any atom is -0.481 e. The van der Waals surface area contributed by atoms with E-state index in [9.17, 15) is 14.9 Å². The van der Waals surface area contributed by atoms with E-state index in [0.717, 1.165) is 0 Å². The highest BCUT2D eigenvalue weighted by atomic mass is 79.9. The molecule has 1 aliphatic heterocycles. The molecule has 1 aromatic rings. The van der Waals surface area contributed by atoms with Gasteiger partial charge >= 0.3 is 5.97 Å². The smallest absolute Gasteiger partial charge is 0.306 e. The number of nitro groups is 1. The first kappa shape index (κ1) is 14.7. The number of aliphatic carboxylic acids is 1. The minimum atomic E-state index is -0.771. The zero-order valence-corrected chi connectivity index (χ0v) is 12.4. The molecule has 0 radical (unpaired) electrons. The van der Waals surface area contributed by atoms with E-state index >= 15 is 0 Å². The van der Waals surface area contributed by atoms with Gasteiger partial charge in [-0.15, -0.1) is 0 Å². The number of hydrogen-bond donors (Lipinski definition) is 1. The lowest BCUT2D eigenvalue weighted by molar-refractivity contribution is -0.385. The molecule has 0 amide bonds. The Morgan fingerprint density at radius 2 is 2.35 bits per heavy atom. The Kier molecular flexibility index (Phi) is 4.22. The van der Waals surface area contributed by atoms with Crippen molar-refractivity contribution < 1.29 is 14.8 Å². The van der Waals surface area contributed by atoms with Crippen molar-refractivity contribution in [2.75, 3.05) is 11.4 Å². The van der Waals surface area contributed by atoms with Crippen molar-refractivity contribution in [3.63, 3.8) is 0 Å². The molecule has 1 aliphatic rings. The van der Waals surface area contributed by atoms with Gasteiger partial charge < -0.3 is 10.0 Å². The average Bonchev–Trinajstić information content (AvgIpc) is 2.38. The summed E-state index contributed by atoms with van der Waals surface area (Å²) in [6.45, 7) is 2.51. The highest BCUT2D eigenvalue weighted by Gasteiger charge is 2.31. The summed E-state index contributed by atoms with van der Waals surface area (Å²) < 4.78 is 0.548. The second-order valence-electron chi connectivity index (χ2n) is 4.86. The summed E-state index contributed by atoms with van der Waals surface area (Å²) in [6, 6.07) is 1.44. The van der Waals surface area contributed by atoms with Gasteiger partial charge in [-0.05, 0) is 35.7 Å². The maximum atomic E-state index is 11.0. The first-order chi connectivity index (χ1) is 9.40. The Morgan fingerprint density at radius 3 is 2.85 bits per heavy atom. The van der Waals surface area contributed by atoms with Crippen LogP contribution in [0, 0.1) is 16.0 Å². The number of hydrogen-bond acceptors (Lipinski definition) is 5. The predicted octanol–water partition coefficient (Wildman–Crippen LogP) is 2.44. The number of rotatable bonds is 3. The monoisotopic (exact) mass is 343 g/mol. The van der Waals surface area contributed by atoms with Crippen molar-refractivity contribution in [2.45, 2.75) is 25.8 Å². The second-order valence-corrected chi connectivity index (χ2v) is 5.71. The highest BCUT2D eigenvalue weighted by Crippen LogP contribution is 2.33. The van der Waals surface area contributed by atoms with Crippen LogP contribution in [-0.2, 0) is 4.79 Å². The van der Waals surface area contributed by atoms with Gasteiger partial charge in [0.25, 0.3) is 5.69 Å². The molecular formula is C12H14BrN3O4. The summed E-state index contributed by atoms with van der Waals surface area (Å²) in [6.07, 6.45) is 2.31. The van der Waals surface area contributed by atoms with Crippen LogP contribution in [-0.4, -0.2) is 33.6 Å². The van der Waals surface area contributed by atoms with Gasteiger partial charge in [0.05, 0.1) is 15.3 Å². The van der Waals surface area contributed by atoms with E-state index in [0.29, 0.717) is 29.7 Å². The Labute approximate surface area is 123 Å². The predicted molar refractivity (Wildman–Crippen MR) is 75.8 cm³/mol. The SMILES string of the molecule is CC1CC(C(=O)O)CCN1c1ncc([N+](=O)[O-])cc1Br. The van der Waals surface area contributed by atoms with Gasteiger partial charge in [-0.25, -0.2) is 4.98 Å². The zero-order chi connectivity index (χ0) is 14.9. The summed E-state index contributed by atoms with van der Waals surface area (Å²) >= 11 is 3.30. The number of carboxylic acids is 1. The van der Waals surface area contributed by atoms with E-state index in [-0.39, 0.29) is 17.6 Å². The molecule has 2 atom stereocenters. The quantitative estimate of drug-likeness (QED) is 0.668. The van der Waals surface area contributed by atoms with Gasteiger partial charge in [0.15, 0.2) is 0 Å². The van der Waals surface area contributed by atoms with Crippen molar-refractivity contribution in [3.8, 4) is 0 Å². The van der Waals surface area contributed by atoms with Crippen molar-refractivity contribution >= 4 is 33.4 Å². The first-order valence-electron chi connectivity index (χ1n) is 6.19. The van der Waals surface area contributed by atoms with Crippen LogP contribution in [0.1, 0.15) is 19.8 Å². The fourth-order valence-corrected chi connectivity index (χ4v) is 3.01. The maximum absolute atomic E-state index is 11.0. The fourth-order valence-electron chi connectivity index (χ4n) is 2.44. The molecule has 1 fully saturated rings. The van der Waals surface area contributed by atoms with E-state index in [4.69, 9.17) is 5.11 Å². The van der Waals surface area contributed by atoms with Crippen LogP contribution >= 0.6 is 15.9 Å². The molecule has 0 aliphatic carbocycles. The molecule has 2 rings (SSSR count). The number of carbonyl (C=O) groups is 1. The largest absolute Gasteiger partial charge is 0.481 e. The Morgan fingerprint density at radius 1 is 1.65 bits per heavy atom. The lowest BCUT2D eigenvalue weighted by Gasteiger charge is -2.37. The highest BCUT2D eigenvalue weighted by molar-refractivity contribution is 9.10. The Balaban J connectivity index is 2.20. The molecule has 0 aromatic carbocycles. The van der Waals surface area contributed by atoms with E-state index in [1.807, 2.05) is 11.8 Å². The topological polar surface area (TPSA) is 96.6 Å². The number of anilines is 1. The van der Waals surface area contributed by atoms with Crippen LogP contribution in [0.15, 0.2) is 16.7 Å². The van der Waals surface area contributed by atoms with Gasteiger partial charge in [-0.2, -0.15) is 0 Å². The number of piperidine rings is 1. The molecule has 0 spiro atoms. The Bertz CT molecular complexity index is 552. The molecule has 7 nitrogen and oxygen atoms in total. The third-order valence-corrected chi connectivity index (χ3v) is 4.10. The fraction of sp³-hybridized carbons (Fsp3) is 0.500. The summed E-state index contributed by atoms with van der Waals surface area (Å²) in [5.41, 5.74) is -0.0753. The van der Waals surface area contributed by atoms with Crippen molar-refractivity contribution in [2.24, 2.45) is 5.92 Å². The van der Waals surface area contributed by atoms with Crippen LogP contribution in [0.4, 0.5) is 11.5 Å². The lowest BCUT2D eigenvalue weighted by atomic mass is 9.92. The van der Waals surface area contributed by atoms with Crippen LogP contribution in [0.3, 0.4) is 0 Å². The number of nitrogens with zero attached hydrogens (tertiary/aromatic N) is 3. The maximum Gasteiger partial charge on any atom is 0.306 e. The van der Waals surface area contributed by atoms with Crippen LogP contribution in [0.2, 0.25) is 0 Å². The average molecular weight is 344 g/mol. The molecule has 8 heteroatoms. The van der Waals surface area contributed by atoms with E-state index in [2.05, 4.69) is 20.9 Å². The minimum absolute atomic E-state index is 0.0232. The molecule has 2 heterocycles. The number of carboxylic acid groups (broad SMARTS) is 1. The van der Waals surface area contributed by atoms with Crippen LogP contribution in [0.5, 0.6) is 0 Å². The van der Waals surface area contributed by atoms with E-state index in [1.54, 1.807) is 0 Å². The van der Waals surface area contributed by atoms with Crippen molar-refractivity contribution in [1.82, 2.24) is 4.98 Å². The standard InChI is InChI=1S/C12H14BrN3O4/c1-7-4-8(12(17)18)2-3-15(7)11-10(13)5-9(6-14-11)16(19)20/h5-8H,2-4H2,1H3,(H,17,18). The van der Waals surface area contributed by atoms with Crippen molar-refractivity contribution in [3.05, 3.63) is 26.9 Å². The van der Waals surface area contributed by atoms with E-state index < -0.39 is 10.9 Å². The number of aromatic nitrogens is 1. The number of pyridine rings is 1. The molecule has 2 unspecified atom stereocenters. The normalized spacial score (nSPS) is 22.6. The summed E-state index contributed by atoms with van der Waals surface area (Å²) in [5.74, 6) is -0.489. The molecule has 1 saturated heterocycles. The molecule has 0 saturated carbocycles. The van der Waals surface area contributed by atoms with E-state index in [1.165, 1.54) is 12.3 Å². The zero-order valence-electron chi connectivity index (χ0n) is 10.8. The molecule has 108 valence electrons. The van der Waals surface area contributed by atoms with Gasteiger partial charge in [-0.1, -0.05) is 0 Å². The van der Waals surface area contributed by atoms with Crippen molar-refractivity contribution in [1.29, 1.82) is 0 Å². The van der Waals surface area contributed by atoms with Gasteiger partial charge in [0.2, 0.25) is 0 Å². The van der Waals surface area contributed by atoms with Gasteiger partial charge in [-0.3, -0.25) is 14.9 Å². The van der Waals surface area contributed by atoms with Gasteiger partial charge in [0, 0.05) is 18.7 Å². The third kappa shape index (κ3) is 2.90. The Hall–Kier alpha value is -1.70. The first-order valence-corrected chi connectivity index (χ1v) is 6.99. The second kappa shape index (κ2) is 5.74. The molecule has 1 N–H and O–H groups in total. The molecule has 20 heavy (non-hydrogen) atoms. The summed E-state index contributed by atoms with van der Waals surface area (Å²) in [5, 5.41) is 19.7. The lowest BCUT2D eigenvalue weighted by Crippen LogP contribution is -2.43. The third-order valence-electron chi connectivity index (χ3n) is 3.52. The molecular weight excluding hydrogens is 330 g/mol. The van der Waals surface area contributed by atoms with Gasteiger partial charge in [0.1, 0.15) is 12.0 Å². The molecule has 0 bridgehead atoms. The summed E-state index contributed by atoms with van der Waals surface area (Å²) in [4.78, 5) is 27.3. The summed E-state index contributed by atoms with van der Waals surface area (Å²) in [7, 11) is 0. The van der Waals surface area contributed by atoms with Crippen LogP contribution < -0.4 is 4.90 Å².